The summed E-state index contributed by atoms with van der Waals surface area (Å²) in [5.41, 5.74) is 5.41. The van der Waals surface area contributed by atoms with Crippen LogP contribution in [0.2, 0.25) is 0 Å². The zero-order valence-corrected chi connectivity index (χ0v) is 13.4. The van der Waals surface area contributed by atoms with Crippen LogP contribution in [0.15, 0.2) is 42.5 Å². The summed E-state index contributed by atoms with van der Waals surface area (Å²) in [6.07, 6.45) is 3.38. The lowest BCUT2D eigenvalue weighted by Gasteiger charge is -2.29. The first kappa shape index (κ1) is 14.5. The van der Waals surface area contributed by atoms with Crippen LogP contribution >= 0.6 is 11.6 Å². The lowest BCUT2D eigenvalue weighted by atomic mass is 9.80. The van der Waals surface area contributed by atoms with E-state index in [2.05, 4.69) is 43.3 Å². The van der Waals surface area contributed by atoms with Gasteiger partial charge in [0.2, 0.25) is 0 Å². The molecule has 2 unspecified atom stereocenters. The molecule has 1 aliphatic rings. The smallest absolute Gasteiger partial charge is 0.119 e. The van der Waals surface area contributed by atoms with Crippen molar-refractivity contribution in [3.8, 4) is 5.75 Å². The average Bonchev–Trinajstić information content (AvgIpc) is 2.53. The fourth-order valence-corrected chi connectivity index (χ4v) is 3.77. The van der Waals surface area contributed by atoms with Gasteiger partial charge in [-0.2, -0.15) is 0 Å². The zero-order valence-electron chi connectivity index (χ0n) is 12.6. The summed E-state index contributed by atoms with van der Waals surface area (Å²) in [5, 5.41) is 0.0734. The van der Waals surface area contributed by atoms with Gasteiger partial charge in [0.05, 0.1) is 12.5 Å². The summed E-state index contributed by atoms with van der Waals surface area (Å²) in [6.45, 7) is 2.12. The van der Waals surface area contributed by atoms with Crippen molar-refractivity contribution in [2.75, 3.05) is 7.11 Å². The van der Waals surface area contributed by atoms with E-state index in [-0.39, 0.29) is 5.38 Å². The second-order valence-corrected chi connectivity index (χ2v) is 6.37. The molecule has 2 atom stereocenters. The van der Waals surface area contributed by atoms with Crippen molar-refractivity contribution in [3.63, 3.8) is 0 Å². The Morgan fingerprint density at radius 2 is 1.90 bits per heavy atom. The van der Waals surface area contributed by atoms with E-state index in [0.29, 0.717) is 5.92 Å². The van der Waals surface area contributed by atoms with Crippen molar-refractivity contribution in [2.45, 2.75) is 31.6 Å². The molecule has 3 rings (SSSR count). The van der Waals surface area contributed by atoms with Gasteiger partial charge >= 0.3 is 0 Å². The molecule has 0 radical (unpaired) electrons. The average molecular weight is 301 g/mol. The van der Waals surface area contributed by atoms with Gasteiger partial charge in [-0.15, -0.1) is 11.6 Å². The van der Waals surface area contributed by atoms with E-state index >= 15 is 0 Å². The third-order valence-electron chi connectivity index (χ3n) is 4.57. The largest absolute Gasteiger partial charge is 0.497 e. The molecule has 0 spiro atoms. The van der Waals surface area contributed by atoms with E-state index in [0.717, 1.165) is 25.0 Å². The maximum atomic E-state index is 6.81. The highest BCUT2D eigenvalue weighted by atomic mass is 35.5. The Labute approximate surface area is 131 Å². The summed E-state index contributed by atoms with van der Waals surface area (Å²) in [4.78, 5) is 0. The van der Waals surface area contributed by atoms with Crippen molar-refractivity contribution in [1.82, 2.24) is 0 Å². The van der Waals surface area contributed by atoms with E-state index < -0.39 is 0 Å². The Bertz CT molecular complexity index is 635. The standard InChI is InChI=1S/C19H21ClO/c1-13-11-17(21-2)9-10-18(13)19(20)16-8-7-14-5-3-4-6-15(14)12-16/h3-6,9-11,16,19H,7-8,12H2,1-2H3. The number of fused-ring (bicyclic) bond motifs is 1. The van der Waals surface area contributed by atoms with Crippen LogP contribution in [0, 0.1) is 12.8 Å². The van der Waals surface area contributed by atoms with Gasteiger partial charge in [0.25, 0.3) is 0 Å². The molecule has 0 N–H and O–H groups in total. The Morgan fingerprint density at radius 1 is 1.14 bits per heavy atom. The van der Waals surface area contributed by atoms with E-state index in [1.807, 2.05) is 6.07 Å². The molecule has 2 aromatic carbocycles. The van der Waals surface area contributed by atoms with Crippen LogP contribution in [0.5, 0.6) is 5.75 Å². The van der Waals surface area contributed by atoms with Gasteiger partial charge < -0.3 is 4.74 Å². The molecule has 110 valence electrons. The number of methoxy groups -OCH3 is 1. The summed E-state index contributed by atoms with van der Waals surface area (Å²) >= 11 is 6.81. The zero-order chi connectivity index (χ0) is 14.8. The lowest BCUT2D eigenvalue weighted by molar-refractivity contribution is 0.413. The Morgan fingerprint density at radius 3 is 2.62 bits per heavy atom. The third kappa shape index (κ3) is 2.94. The number of rotatable bonds is 3. The molecule has 21 heavy (non-hydrogen) atoms. The fraction of sp³-hybridized carbons (Fsp3) is 0.368. The second-order valence-electron chi connectivity index (χ2n) is 5.90. The quantitative estimate of drug-likeness (QED) is 0.718. The molecule has 2 heteroatoms. The van der Waals surface area contributed by atoms with Gasteiger partial charge in [-0.3, -0.25) is 0 Å². The van der Waals surface area contributed by atoms with Crippen LogP contribution in [0.3, 0.4) is 0 Å². The van der Waals surface area contributed by atoms with Gasteiger partial charge in [0, 0.05) is 0 Å². The maximum absolute atomic E-state index is 6.81. The molecule has 0 aromatic heterocycles. The monoisotopic (exact) mass is 300 g/mol. The van der Waals surface area contributed by atoms with Crippen LogP contribution < -0.4 is 4.74 Å². The number of halogens is 1. The Hall–Kier alpha value is -1.47. The van der Waals surface area contributed by atoms with E-state index in [1.54, 1.807) is 7.11 Å². The predicted molar refractivity (Wildman–Crippen MR) is 88.3 cm³/mol. The van der Waals surface area contributed by atoms with Gasteiger partial charge in [-0.25, -0.2) is 0 Å². The van der Waals surface area contributed by atoms with Gasteiger partial charge in [0.15, 0.2) is 0 Å². The minimum Gasteiger partial charge on any atom is -0.497 e. The van der Waals surface area contributed by atoms with Crippen LogP contribution in [0.25, 0.3) is 0 Å². The molecule has 0 saturated heterocycles. The minimum absolute atomic E-state index is 0.0734. The van der Waals surface area contributed by atoms with Crippen LogP contribution in [0.4, 0.5) is 0 Å². The first-order valence-electron chi connectivity index (χ1n) is 7.54. The molecular formula is C19H21ClO. The molecule has 2 aromatic rings. The van der Waals surface area contributed by atoms with E-state index in [1.165, 1.54) is 22.3 Å². The molecule has 0 amide bonds. The maximum Gasteiger partial charge on any atom is 0.119 e. The third-order valence-corrected chi connectivity index (χ3v) is 5.16. The highest BCUT2D eigenvalue weighted by Gasteiger charge is 2.26. The topological polar surface area (TPSA) is 9.23 Å². The minimum atomic E-state index is 0.0734. The van der Waals surface area contributed by atoms with Gasteiger partial charge in [-0.1, -0.05) is 30.3 Å². The van der Waals surface area contributed by atoms with Crippen molar-refractivity contribution in [2.24, 2.45) is 5.92 Å². The van der Waals surface area contributed by atoms with Gasteiger partial charge in [0.1, 0.15) is 5.75 Å². The van der Waals surface area contributed by atoms with E-state index in [4.69, 9.17) is 16.3 Å². The molecular weight excluding hydrogens is 280 g/mol. The van der Waals surface area contributed by atoms with Crippen LogP contribution in [-0.2, 0) is 12.8 Å². The molecule has 0 heterocycles. The number of aryl methyl sites for hydroxylation is 2. The first-order chi connectivity index (χ1) is 10.2. The summed E-state index contributed by atoms with van der Waals surface area (Å²) in [7, 11) is 1.70. The van der Waals surface area contributed by atoms with Crippen LogP contribution in [0.1, 0.15) is 34.1 Å². The summed E-state index contributed by atoms with van der Waals surface area (Å²) < 4.78 is 5.28. The lowest BCUT2D eigenvalue weighted by Crippen LogP contribution is -2.19. The summed E-state index contributed by atoms with van der Waals surface area (Å²) in [6, 6.07) is 14.9. The second kappa shape index (κ2) is 6.11. The molecule has 0 bridgehead atoms. The SMILES string of the molecule is COc1ccc(C(Cl)C2CCc3ccccc3C2)c(C)c1. The Balaban J connectivity index is 1.82. The number of hydrogen-bond donors (Lipinski definition) is 0. The summed E-state index contributed by atoms with van der Waals surface area (Å²) in [5.74, 6) is 1.41. The predicted octanol–water partition coefficient (Wildman–Crippen LogP) is 5.09. The number of benzene rings is 2. The molecule has 0 saturated carbocycles. The molecule has 0 fully saturated rings. The number of ether oxygens (including phenoxy) is 1. The first-order valence-corrected chi connectivity index (χ1v) is 7.98. The Kier molecular flexibility index (Phi) is 4.21. The highest BCUT2D eigenvalue weighted by Crippen LogP contribution is 2.39. The fourth-order valence-electron chi connectivity index (χ4n) is 3.31. The number of alkyl halides is 1. The van der Waals surface area contributed by atoms with Crippen LogP contribution in [-0.4, -0.2) is 7.11 Å². The van der Waals surface area contributed by atoms with Crippen molar-refractivity contribution in [1.29, 1.82) is 0 Å². The number of hydrogen-bond acceptors (Lipinski definition) is 1. The van der Waals surface area contributed by atoms with Crippen molar-refractivity contribution < 1.29 is 4.74 Å². The van der Waals surface area contributed by atoms with Crippen molar-refractivity contribution in [3.05, 3.63) is 64.7 Å². The normalized spacial score (nSPS) is 18.9. The van der Waals surface area contributed by atoms with E-state index in [9.17, 15) is 0 Å². The molecule has 1 nitrogen and oxygen atoms in total. The molecule has 1 aliphatic carbocycles. The highest BCUT2D eigenvalue weighted by molar-refractivity contribution is 6.21. The molecule has 0 aliphatic heterocycles. The van der Waals surface area contributed by atoms with Gasteiger partial charge in [-0.05, 0) is 66.5 Å². The van der Waals surface area contributed by atoms with Crippen molar-refractivity contribution >= 4 is 11.6 Å².